The molecule has 0 aliphatic carbocycles. The lowest BCUT2D eigenvalue weighted by Gasteiger charge is -2.32. The Morgan fingerprint density at radius 2 is 1.58 bits per heavy atom. The van der Waals surface area contributed by atoms with Crippen molar-refractivity contribution >= 4 is 0 Å². The lowest BCUT2D eigenvalue weighted by Crippen LogP contribution is -2.36. The van der Waals surface area contributed by atoms with Crippen molar-refractivity contribution in [3.05, 3.63) is 95.1 Å². The van der Waals surface area contributed by atoms with Crippen molar-refractivity contribution in [3.63, 3.8) is 0 Å². The summed E-state index contributed by atoms with van der Waals surface area (Å²) >= 11 is 0. The topological polar surface area (TPSA) is 8.17 Å². The van der Waals surface area contributed by atoms with E-state index in [0.717, 1.165) is 17.3 Å². The van der Waals surface area contributed by atoms with E-state index in [1.54, 1.807) is 18.2 Å². The molecule has 1 aromatic heterocycles. The summed E-state index contributed by atoms with van der Waals surface area (Å²) in [4.78, 5) is 2.21. The van der Waals surface area contributed by atoms with Gasteiger partial charge in [-0.2, -0.15) is 13.2 Å². The minimum atomic E-state index is -4.35. The van der Waals surface area contributed by atoms with Gasteiger partial charge < -0.3 is 4.57 Å². The van der Waals surface area contributed by atoms with Crippen molar-refractivity contribution < 1.29 is 17.6 Å². The highest BCUT2D eigenvalue weighted by atomic mass is 19.4. The van der Waals surface area contributed by atoms with Gasteiger partial charge in [-0.1, -0.05) is 44.2 Å². The third kappa shape index (κ3) is 6.20. The molecule has 166 valence electrons. The summed E-state index contributed by atoms with van der Waals surface area (Å²) < 4.78 is 54.7. The SMILES string of the molecule is CC(C)[C@@H](C)N(Cc1cccc(C(F)(F)F)c1)Cc1cccn1Cc1ccc(F)cc1. The van der Waals surface area contributed by atoms with Gasteiger partial charge in [0.15, 0.2) is 0 Å². The van der Waals surface area contributed by atoms with E-state index in [4.69, 9.17) is 0 Å². The van der Waals surface area contributed by atoms with Gasteiger partial charge in [-0.25, -0.2) is 4.39 Å². The fourth-order valence-corrected chi connectivity index (χ4v) is 3.59. The molecule has 6 heteroatoms. The van der Waals surface area contributed by atoms with E-state index in [1.807, 2.05) is 18.3 Å². The van der Waals surface area contributed by atoms with Crippen LogP contribution < -0.4 is 0 Å². The van der Waals surface area contributed by atoms with Crippen LogP contribution in [0.1, 0.15) is 43.2 Å². The number of alkyl halides is 3. The van der Waals surface area contributed by atoms with E-state index in [9.17, 15) is 17.6 Å². The van der Waals surface area contributed by atoms with Gasteiger partial charge in [-0.05, 0) is 54.3 Å². The molecule has 0 aliphatic heterocycles. The fraction of sp³-hybridized carbons (Fsp3) is 0.360. The maximum absolute atomic E-state index is 13.2. The summed E-state index contributed by atoms with van der Waals surface area (Å²) in [5, 5.41) is 0. The molecule has 1 heterocycles. The van der Waals surface area contributed by atoms with E-state index in [-0.39, 0.29) is 11.9 Å². The number of aromatic nitrogens is 1. The quantitative estimate of drug-likeness (QED) is 0.358. The second kappa shape index (κ2) is 9.69. The highest BCUT2D eigenvalue weighted by molar-refractivity contribution is 5.26. The Hall–Kier alpha value is -2.60. The largest absolute Gasteiger partial charge is 0.416 e. The maximum Gasteiger partial charge on any atom is 0.416 e. The Morgan fingerprint density at radius 3 is 2.23 bits per heavy atom. The lowest BCUT2D eigenvalue weighted by molar-refractivity contribution is -0.137. The molecule has 2 aromatic carbocycles. The van der Waals surface area contributed by atoms with Crippen LogP contribution >= 0.6 is 0 Å². The Kier molecular flexibility index (Phi) is 7.21. The minimum absolute atomic E-state index is 0.170. The molecule has 1 atom stereocenters. The molecule has 2 nitrogen and oxygen atoms in total. The van der Waals surface area contributed by atoms with E-state index in [0.29, 0.717) is 31.1 Å². The maximum atomic E-state index is 13.2. The number of nitrogens with zero attached hydrogens (tertiary/aromatic N) is 2. The molecule has 3 rings (SSSR count). The third-order valence-electron chi connectivity index (χ3n) is 5.74. The molecule has 31 heavy (non-hydrogen) atoms. The van der Waals surface area contributed by atoms with Gasteiger partial charge in [0.1, 0.15) is 5.82 Å². The standard InChI is InChI=1S/C25H28F4N2/c1-18(2)19(3)31(16-21-6-4-7-22(14-21)25(27,28)29)17-24-8-5-13-30(24)15-20-9-11-23(26)12-10-20/h4-14,18-19H,15-17H2,1-3H3/t19-/m1/s1. The zero-order valence-corrected chi connectivity index (χ0v) is 18.0. The average molecular weight is 433 g/mol. The van der Waals surface area contributed by atoms with Crippen molar-refractivity contribution in [2.45, 2.75) is 52.6 Å². The van der Waals surface area contributed by atoms with Gasteiger partial charge in [0, 0.05) is 37.6 Å². The molecule has 0 spiro atoms. The minimum Gasteiger partial charge on any atom is -0.346 e. The second-order valence-electron chi connectivity index (χ2n) is 8.34. The first-order valence-corrected chi connectivity index (χ1v) is 10.4. The van der Waals surface area contributed by atoms with Crippen LogP contribution in [0.4, 0.5) is 17.6 Å². The molecule has 0 fully saturated rings. The summed E-state index contributed by atoms with van der Waals surface area (Å²) in [6, 6.07) is 16.1. The van der Waals surface area contributed by atoms with Gasteiger partial charge in [0.25, 0.3) is 0 Å². The zero-order chi connectivity index (χ0) is 22.6. The average Bonchev–Trinajstić information content (AvgIpc) is 3.14. The summed E-state index contributed by atoms with van der Waals surface area (Å²) in [6.45, 7) is 7.96. The molecule has 0 N–H and O–H groups in total. The molecular formula is C25H28F4N2. The number of benzene rings is 2. The molecule has 0 saturated heterocycles. The number of hydrogen-bond acceptors (Lipinski definition) is 1. The molecule has 0 bridgehead atoms. The van der Waals surface area contributed by atoms with Crippen LogP contribution in [0.25, 0.3) is 0 Å². The summed E-state index contributed by atoms with van der Waals surface area (Å²) in [6.07, 6.45) is -2.38. The first kappa shape index (κ1) is 23.1. The van der Waals surface area contributed by atoms with E-state index in [1.165, 1.54) is 24.3 Å². The molecule has 0 saturated carbocycles. The van der Waals surface area contributed by atoms with Crippen LogP contribution in [0.15, 0.2) is 66.9 Å². The normalized spacial score (nSPS) is 13.2. The van der Waals surface area contributed by atoms with Crippen LogP contribution in [0.3, 0.4) is 0 Å². The monoisotopic (exact) mass is 432 g/mol. The molecule has 0 aliphatic rings. The first-order chi connectivity index (χ1) is 14.6. The van der Waals surface area contributed by atoms with Crippen molar-refractivity contribution in [1.82, 2.24) is 9.47 Å². The van der Waals surface area contributed by atoms with Crippen LogP contribution in [0.5, 0.6) is 0 Å². The summed E-state index contributed by atoms with van der Waals surface area (Å²) in [5.74, 6) is 0.0702. The van der Waals surface area contributed by atoms with Crippen molar-refractivity contribution in [2.75, 3.05) is 0 Å². The molecule has 0 radical (unpaired) electrons. The van der Waals surface area contributed by atoms with Gasteiger partial charge in [0.2, 0.25) is 0 Å². The van der Waals surface area contributed by atoms with Crippen molar-refractivity contribution in [3.8, 4) is 0 Å². The number of rotatable bonds is 8. The van der Waals surface area contributed by atoms with Crippen LogP contribution in [0, 0.1) is 11.7 Å². The number of halogens is 4. The molecule has 0 amide bonds. The van der Waals surface area contributed by atoms with E-state index in [2.05, 4.69) is 30.2 Å². The van der Waals surface area contributed by atoms with Crippen LogP contribution in [-0.2, 0) is 25.8 Å². The third-order valence-corrected chi connectivity index (χ3v) is 5.74. The Morgan fingerprint density at radius 1 is 0.871 bits per heavy atom. The molecule has 0 unspecified atom stereocenters. The number of hydrogen-bond donors (Lipinski definition) is 0. The predicted octanol–water partition coefficient (Wildman–Crippen LogP) is 6.74. The summed E-state index contributed by atoms with van der Waals surface area (Å²) in [5.41, 5.74) is 2.06. The van der Waals surface area contributed by atoms with Crippen LogP contribution in [0.2, 0.25) is 0 Å². The van der Waals surface area contributed by atoms with Gasteiger partial charge >= 0.3 is 6.18 Å². The predicted molar refractivity (Wildman–Crippen MR) is 115 cm³/mol. The van der Waals surface area contributed by atoms with E-state index < -0.39 is 11.7 Å². The van der Waals surface area contributed by atoms with E-state index >= 15 is 0 Å². The highest BCUT2D eigenvalue weighted by Crippen LogP contribution is 2.30. The van der Waals surface area contributed by atoms with Gasteiger partial charge in [-0.15, -0.1) is 0 Å². The van der Waals surface area contributed by atoms with Crippen LogP contribution in [-0.4, -0.2) is 15.5 Å². The molecule has 3 aromatic rings. The van der Waals surface area contributed by atoms with Gasteiger partial charge in [-0.3, -0.25) is 4.90 Å². The van der Waals surface area contributed by atoms with Gasteiger partial charge in [0.05, 0.1) is 5.56 Å². The fourth-order valence-electron chi connectivity index (χ4n) is 3.59. The Bertz CT molecular complexity index is 974. The lowest BCUT2D eigenvalue weighted by atomic mass is 10.0. The smallest absolute Gasteiger partial charge is 0.346 e. The second-order valence-corrected chi connectivity index (χ2v) is 8.34. The van der Waals surface area contributed by atoms with Crippen molar-refractivity contribution in [1.29, 1.82) is 0 Å². The molecular weight excluding hydrogens is 404 g/mol. The first-order valence-electron chi connectivity index (χ1n) is 10.4. The highest BCUT2D eigenvalue weighted by Gasteiger charge is 2.30. The zero-order valence-electron chi connectivity index (χ0n) is 18.0. The Labute approximate surface area is 181 Å². The summed E-state index contributed by atoms with van der Waals surface area (Å²) in [7, 11) is 0. The Balaban J connectivity index is 1.81. The van der Waals surface area contributed by atoms with Crippen molar-refractivity contribution in [2.24, 2.45) is 5.92 Å².